The van der Waals surface area contributed by atoms with Crippen LogP contribution in [0.5, 0.6) is 0 Å². The van der Waals surface area contributed by atoms with Gasteiger partial charge in [-0.2, -0.15) is 0 Å². The first-order valence-electron chi connectivity index (χ1n) is 5.32. The normalized spacial score (nSPS) is 26.2. The van der Waals surface area contributed by atoms with Gasteiger partial charge in [0.2, 0.25) is 0 Å². The number of carbonyl (C=O) groups excluding carboxylic acids is 1. The van der Waals surface area contributed by atoms with E-state index in [0.717, 1.165) is 19.5 Å². The molecule has 4 nitrogen and oxygen atoms in total. The molecule has 15 heavy (non-hydrogen) atoms. The van der Waals surface area contributed by atoms with Gasteiger partial charge in [-0.15, -0.1) is 0 Å². The maximum atomic E-state index is 11.7. The van der Waals surface area contributed by atoms with Gasteiger partial charge in [0.15, 0.2) is 5.76 Å². The van der Waals surface area contributed by atoms with Gasteiger partial charge in [0.1, 0.15) is 0 Å². The fourth-order valence-electron chi connectivity index (χ4n) is 1.88. The molecular weight excluding hydrogens is 192 g/mol. The van der Waals surface area contributed by atoms with E-state index in [1.165, 1.54) is 6.26 Å². The maximum Gasteiger partial charge on any atom is 0.287 e. The number of nitrogens with one attached hydrogen (secondary N) is 2. The average molecular weight is 208 g/mol. The predicted octanol–water partition coefficient (Wildman–Crippen LogP) is 1.01. The summed E-state index contributed by atoms with van der Waals surface area (Å²) in [6.45, 7) is 4.07. The summed E-state index contributed by atoms with van der Waals surface area (Å²) in [4.78, 5) is 11.7. The third kappa shape index (κ3) is 2.39. The summed E-state index contributed by atoms with van der Waals surface area (Å²) in [5.41, 5.74) is 0. The van der Waals surface area contributed by atoms with Crippen molar-refractivity contribution in [3.63, 3.8) is 0 Å². The molecule has 1 aromatic heterocycles. The van der Waals surface area contributed by atoms with Crippen LogP contribution in [0.2, 0.25) is 0 Å². The van der Waals surface area contributed by atoms with Crippen LogP contribution in [0.4, 0.5) is 0 Å². The van der Waals surface area contributed by atoms with Crippen LogP contribution in [0.1, 0.15) is 23.9 Å². The molecule has 1 saturated heterocycles. The second-order valence-corrected chi connectivity index (χ2v) is 4.03. The van der Waals surface area contributed by atoms with Crippen molar-refractivity contribution in [2.75, 3.05) is 13.1 Å². The van der Waals surface area contributed by atoms with Crippen LogP contribution in [-0.2, 0) is 0 Å². The van der Waals surface area contributed by atoms with E-state index in [1.54, 1.807) is 12.1 Å². The molecule has 0 radical (unpaired) electrons. The van der Waals surface area contributed by atoms with Gasteiger partial charge in [-0.1, -0.05) is 6.92 Å². The van der Waals surface area contributed by atoms with Gasteiger partial charge >= 0.3 is 0 Å². The highest BCUT2D eigenvalue weighted by Crippen LogP contribution is 2.11. The Morgan fingerprint density at radius 2 is 2.53 bits per heavy atom. The van der Waals surface area contributed by atoms with Crippen molar-refractivity contribution in [3.8, 4) is 0 Å². The maximum absolute atomic E-state index is 11.7. The van der Waals surface area contributed by atoms with Crippen LogP contribution in [-0.4, -0.2) is 25.0 Å². The van der Waals surface area contributed by atoms with Gasteiger partial charge in [0, 0.05) is 6.04 Å². The Balaban J connectivity index is 1.93. The number of piperidine rings is 1. The molecule has 1 amide bonds. The Bertz CT molecular complexity index is 321. The SMILES string of the molecule is CC1CNCCC1NC(=O)c1ccco1. The van der Waals surface area contributed by atoms with Crippen LogP contribution in [0, 0.1) is 5.92 Å². The van der Waals surface area contributed by atoms with Crippen LogP contribution in [0.3, 0.4) is 0 Å². The second kappa shape index (κ2) is 4.49. The first-order valence-corrected chi connectivity index (χ1v) is 5.32. The van der Waals surface area contributed by atoms with Crippen molar-refractivity contribution in [2.45, 2.75) is 19.4 Å². The average Bonchev–Trinajstić information content (AvgIpc) is 2.74. The van der Waals surface area contributed by atoms with Crippen molar-refractivity contribution >= 4 is 5.91 Å². The number of carbonyl (C=O) groups is 1. The van der Waals surface area contributed by atoms with Crippen molar-refractivity contribution < 1.29 is 9.21 Å². The Labute approximate surface area is 89.0 Å². The summed E-state index contributed by atoms with van der Waals surface area (Å²) < 4.78 is 5.04. The minimum absolute atomic E-state index is 0.112. The Hall–Kier alpha value is -1.29. The monoisotopic (exact) mass is 208 g/mol. The summed E-state index contributed by atoms with van der Waals surface area (Å²) in [7, 11) is 0. The quantitative estimate of drug-likeness (QED) is 0.762. The van der Waals surface area contributed by atoms with Gasteiger partial charge in [0.05, 0.1) is 6.26 Å². The van der Waals surface area contributed by atoms with Crippen LogP contribution >= 0.6 is 0 Å². The molecule has 0 aromatic carbocycles. The molecule has 0 aliphatic carbocycles. The number of amides is 1. The Morgan fingerprint density at radius 1 is 1.67 bits per heavy atom. The van der Waals surface area contributed by atoms with Gasteiger partial charge in [0.25, 0.3) is 5.91 Å². The van der Waals surface area contributed by atoms with E-state index < -0.39 is 0 Å². The molecule has 0 bridgehead atoms. The molecule has 2 unspecified atom stereocenters. The third-order valence-corrected chi connectivity index (χ3v) is 2.85. The van der Waals surface area contributed by atoms with Crippen LogP contribution in [0.15, 0.2) is 22.8 Å². The smallest absolute Gasteiger partial charge is 0.287 e. The van der Waals surface area contributed by atoms with Crippen molar-refractivity contribution in [1.82, 2.24) is 10.6 Å². The van der Waals surface area contributed by atoms with E-state index in [9.17, 15) is 4.79 Å². The van der Waals surface area contributed by atoms with Crippen molar-refractivity contribution in [3.05, 3.63) is 24.2 Å². The predicted molar refractivity (Wildman–Crippen MR) is 56.6 cm³/mol. The fourth-order valence-corrected chi connectivity index (χ4v) is 1.88. The highest BCUT2D eigenvalue weighted by Gasteiger charge is 2.23. The van der Waals surface area contributed by atoms with E-state index >= 15 is 0 Å². The van der Waals surface area contributed by atoms with Gasteiger partial charge < -0.3 is 15.1 Å². The van der Waals surface area contributed by atoms with Gasteiger partial charge in [-0.25, -0.2) is 0 Å². The minimum atomic E-state index is -0.112. The van der Waals surface area contributed by atoms with Crippen molar-refractivity contribution in [1.29, 1.82) is 0 Å². The molecule has 0 spiro atoms. The van der Waals surface area contributed by atoms with Crippen LogP contribution in [0.25, 0.3) is 0 Å². The minimum Gasteiger partial charge on any atom is -0.459 e. The molecule has 2 rings (SSSR count). The van der Waals surface area contributed by atoms with E-state index in [2.05, 4.69) is 17.6 Å². The molecule has 1 aromatic rings. The zero-order valence-corrected chi connectivity index (χ0v) is 8.82. The number of hydrogen-bond donors (Lipinski definition) is 2. The molecule has 82 valence electrons. The third-order valence-electron chi connectivity index (χ3n) is 2.85. The lowest BCUT2D eigenvalue weighted by molar-refractivity contribution is 0.0886. The summed E-state index contributed by atoms with van der Waals surface area (Å²) in [6.07, 6.45) is 2.49. The molecule has 2 N–H and O–H groups in total. The zero-order chi connectivity index (χ0) is 10.7. The molecule has 0 saturated carbocycles. The summed E-state index contributed by atoms with van der Waals surface area (Å²) in [6, 6.07) is 3.66. The standard InChI is InChI=1S/C11H16N2O2/c1-8-7-12-5-4-9(8)13-11(14)10-3-2-6-15-10/h2-3,6,8-9,12H,4-5,7H2,1H3,(H,13,14). The summed E-state index contributed by atoms with van der Waals surface area (Å²) in [5.74, 6) is 0.747. The largest absolute Gasteiger partial charge is 0.459 e. The zero-order valence-electron chi connectivity index (χ0n) is 8.82. The highest BCUT2D eigenvalue weighted by molar-refractivity contribution is 5.91. The number of furan rings is 1. The lowest BCUT2D eigenvalue weighted by atomic mass is 9.95. The highest BCUT2D eigenvalue weighted by atomic mass is 16.3. The molecule has 1 aliphatic rings. The summed E-state index contributed by atoms with van der Waals surface area (Å²) in [5, 5.41) is 6.30. The molecular formula is C11H16N2O2. The van der Waals surface area contributed by atoms with E-state index in [0.29, 0.717) is 11.7 Å². The molecule has 1 aliphatic heterocycles. The molecule has 2 atom stereocenters. The molecule has 4 heteroatoms. The lowest BCUT2D eigenvalue weighted by Crippen LogP contribution is -2.48. The number of hydrogen-bond acceptors (Lipinski definition) is 3. The van der Waals surface area contributed by atoms with Crippen molar-refractivity contribution in [2.24, 2.45) is 5.92 Å². The van der Waals surface area contributed by atoms with Gasteiger partial charge in [-0.05, 0) is 37.6 Å². The van der Waals surface area contributed by atoms with Crippen LogP contribution < -0.4 is 10.6 Å². The first-order chi connectivity index (χ1) is 7.27. The molecule has 2 heterocycles. The fraction of sp³-hybridized carbons (Fsp3) is 0.545. The number of rotatable bonds is 2. The summed E-state index contributed by atoms with van der Waals surface area (Å²) >= 11 is 0. The topological polar surface area (TPSA) is 54.3 Å². The van der Waals surface area contributed by atoms with E-state index in [4.69, 9.17) is 4.42 Å². The second-order valence-electron chi connectivity index (χ2n) is 4.03. The Kier molecular flexibility index (Phi) is 3.06. The first kappa shape index (κ1) is 10.2. The van der Waals surface area contributed by atoms with Gasteiger partial charge in [-0.3, -0.25) is 4.79 Å². The lowest BCUT2D eigenvalue weighted by Gasteiger charge is -2.29. The van der Waals surface area contributed by atoms with E-state index in [-0.39, 0.29) is 11.9 Å². The Morgan fingerprint density at radius 3 is 3.20 bits per heavy atom. The molecule has 1 fully saturated rings. The van der Waals surface area contributed by atoms with E-state index in [1.807, 2.05) is 0 Å².